The van der Waals surface area contributed by atoms with Gasteiger partial charge in [-0.25, -0.2) is 9.59 Å². The van der Waals surface area contributed by atoms with Crippen LogP contribution in [0.4, 0.5) is 5.00 Å². The van der Waals surface area contributed by atoms with Crippen molar-refractivity contribution in [2.24, 2.45) is 0 Å². The maximum absolute atomic E-state index is 12.2. The molecule has 0 aliphatic rings. The van der Waals surface area contributed by atoms with E-state index in [9.17, 15) is 14.4 Å². The molecule has 2 aromatic heterocycles. The molecule has 1 amide bonds. The Hall–Kier alpha value is -2.87. The molecule has 25 heavy (non-hydrogen) atoms. The van der Waals surface area contributed by atoms with E-state index in [1.807, 2.05) is 0 Å². The standard InChI is InChI=1S/C17H17NO6S/c1-4-23-16(20)13-10(2)14(17(21)22-3)25-15(13)18-12(19)8-7-11-6-5-9-24-11/h5-9H,4H2,1-3H3,(H,18,19)/b8-7+. The highest BCUT2D eigenvalue weighted by Gasteiger charge is 2.26. The van der Waals surface area contributed by atoms with Gasteiger partial charge in [-0.05, 0) is 37.6 Å². The van der Waals surface area contributed by atoms with E-state index in [0.29, 0.717) is 11.3 Å². The number of carbonyl (C=O) groups is 3. The molecule has 0 saturated carbocycles. The molecule has 0 spiro atoms. The minimum absolute atomic E-state index is 0.145. The van der Waals surface area contributed by atoms with Gasteiger partial charge in [0, 0.05) is 6.08 Å². The maximum atomic E-state index is 12.2. The largest absolute Gasteiger partial charge is 0.465 e. The van der Waals surface area contributed by atoms with Gasteiger partial charge in [0.25, 0.3) is 0 Å². The third-order valence-electron chi connectivity index (χ3n) is 3.18. The minimum Gasteiger partial charge on any atom is -0.465 e. The summed E-state index contributed by atoms with van der Waals surface area (Å²) in [5, 5.41) is 2.82. The number of carbonyl (C=O) groups excluding carboxylic acids is 3. The van der Waals surface area contributed by atoms with Gasteiger partial charge in [0.1, 0.15) is 15.6 Å². The molecule has 0 aliphatic heterocycles. The average Bonchev–Trinajstić information content (AvgIpc) is 3.20. The first-order chi connectivity index (χ1) is 12.0. The maximum Gasteiger partial charge on any atom is 0.348 e. The van der Waals surface area contributed by atoms with Crippen molar-refractivity contribution < 1.29 is 28.3 Å². The molecule has 1 N–H and O–H groups in total. The van der Waals surface area contributed by atoms with E-state index in [0.717, 1.165) is 11.3 Å². The molecule has 0 fully saturated rings. The Bertz CT molecular complexity index is 803. The normalized spacial score (nSPS) is 10.7. The molecule has 0 radical (unpaired) electrons. The number of methoxy groups -OCH3 is 1. The quantitative estimate of drug-likeness (QED) is 0.625. The molecule has 0 unspecified atom stereocenters. The molecular formula is C17H17NO6S. The summed E-state index contributed by atoms with van der Waals surface area (Å²) in [6, 6.07) is 3.39. The molecule has 2 rings (SSSR count). The predicted molar refractivity (Wildman–Crippen MR) is 92.7 cm³/mol. The first kappa shape index (κ1) is 18.5. The van der Waals surface area contributed by atoms with E-state index < -0.39 is 17.8 Å². The van der Waals surface area contributed by atoms with Crippen LogP contribution in [0.1, 0.15) is 38.3 Å². The third-order valence-corrected chi connectivity index (χ3v) is 4.36. The summed E-state index contributed by atoms with van der Waals surface area (Å²) in [4.78, 5) is 36.4. The zero-order valence-corrected chi connectivity index (χ0v) is 14.8. The van der Waals surface area contributed by atoms with Crippen LogP contribution >= 0.6 is 11.3 Å². The summed E-state index contributed by atoms with van der Waals surface area (Å²) in [6.07, 6.45) is 4.24. The fourth-order valence-corrected chi connectivity index (χ4v) is 3.15. The number of ether oxygens (including phenoxy) is 2. The molecule has 7 nitrogen and oxygen atoms in total. The number of esters is 2. The van der Waals surface area contributed by atoms with Crippen LogP contribution in [0.2, 0.25) is 0 Å². The summed E-state index contributed by atoms with van der Waals surface area (Å²) in [5.74, 6) is -1.16. The van der Waals surface area contributed by atoms with Crippen LogP contribution in [0.25, 0.3) is 6.08 Å². The molecule has 2 aromatic rings. The number of amides is 1. The lowest BCUT2D eigenvalue weighted by atomic mass is 10.1. The second kappa shape index (κ2) is 8.29. The van der Waals surface area contributed by atoms with E-state index in [1.54, 1.807) is 26.0 Å². The molecule has 2 heterocycles. The minimum atomic E-state index is -0.614. The third kappa shape index (κ3) is 4.36. The van der Waals surface area contributed by atoms with E-state index in [1.165, 1.54) is 25.5 Å². The van der Waals surface area contributed by atoms with Crippen LogP contribution in [0.15, 0.2) is 28.9 Å². The lowest BCUT2D eigenvalue weighted by molar-refractivity contribution is -0.111. The Morgan fingerprint density at radius 2 is 2.08 bits per heavy atom. The molecular weight excluding hydrogens is 346 g/mol. The summed E-state index contributed by atoms with van der Waals surface area (Å²) in [7, 11) is 1.25. The van der Waals surface area contributed by atoms with Crippen LogP contribution in [-0.4, -0.2) is 31.6 Å². The molecule has 132 valence electrons. The number of anilines is 1. The van der Waals surface area contributed by atoms with Crippen molar-refractivity contribution in [2.75, 3.05) is 19.0 Å². The van der Waals surface area contributed by atoms with Gasteiger partial charge in [-0.2, -0.15) is 0 Å². The van der Waals surface area contributed by atoms with Crippen molar-refractivity contribution >= 4 is 40.3 Å². The zero-order valence-electron chi connectivity index (χ0n) is 14.0. The van der Waals surface area contributed by atoms with Gasteiger partial charge >= 0.3 is 11.9 Å². The lowest BCUT2D eigenvalue weighted by Gasteiger charge is -2.05. The van der Waals surface area contributed by atoms with Crippen molar-refractivity contribution in [3.63, 3.8) is 0 Å². The van der Waals surface area contributed by atoms with E-state index >= 15 is 0 Å². The van der Waals surface area contributed by atoms with Crippen molar-refractivity contribution in [1.82, 2.24) is 0 Å². The molecule has 0 aromatic carbocycles. The first-order valence-electron chi connectivity index (χ1n) is 7.39. The highest BCUT2D eigenvalue weighted by atomic mass is 32.1. The topological polar surface area (TPSA) is 94.8 Å². The number of hydrogen-bond acceptors (Lipinski definition) is 7. The van der Waals surface area contributed by atoms with Crippen LogP contribution in [0.3, 0.4) is 0 Å². The van der Waals surface area contributed by atoms with Crippen molar-refractivity contribution in [2.45, 2.75) is 13.8 Å². The fourth-order valence-electron chi connectivity index (χ4n) is 2.04. The molecule has 0 saturated heterocycles. The van der Waals surface area contributed by atoms with Gasteiger partial charge in [-0.15, -0.1) is 11.3 Å². The van der Waals surface area contributed by atoms with Gasteiger partial charge in [-0.3, -0.25) is 4.79 Å². The Morgan fingerprint density at radius 3 is 2.68 bits per heavy atom. The van der Waals surface area contributed by atoms with Gasteiger partial charge in [-0.1, -0.05) is 0 Å². The second-order valence-electron chi connectivity index (χ2n) is 4.81. The Morgan fingerprint density at radius 1 is 1.32 bits per heavy atom. The smallest absolute Gasteiger partial charge is 0.348 e. The van der Waals surface area contributed by atoms with Gasteiger partial charge in [0.15, 0.2) is 0 Å². The van der Waals surface area contributed by atoms with Crippen molar-refractivity contribution in [3.05, 3.63) is 46.2 Å². The number of nitrogens with one attached hydrogen (secondary N) is 1. The second-order valence-corrected chi connectivity index (χ2v) is 5.83. The number of thiophene rings is 1. The predicted octanol–water partition coefficient (Wildman–Crippen LogP) is 3.26. The van der Waals surface area contributed by atoms with Crippen molar-refractivity contribution in [3.8, 4) is 0 Å². The number of furan rings is 1. The van der Waals surface area contributed by atoms with E-state index in [-0.39, 0.29) is 22.0 Å². The van der Waals surface area contributed by atoms with Gasteiger partial charge in [0.2, 0.25) is 5.91 Å². The Kier molecular flexibility index (Phi) is 6.13. The summed E-state index contributed by atoms with van der Waals surface area (Å²) < 4.78 is 14.8. The average molecular weight is 363 g/mol. The van der Waals surface area contributed by atoms with E-state index in [4.69, 9.17) is 13.9 Å². The monoisotopic (exact) mass is 363 g/mol. The van der Waals surface area contributed by atoms with Gasteiger partial charge < -0.3 is 19.2 Å². The van der Waals surface area contributed by atoms with Crippen molar-refractivity contribution in [1.29, 1.82) is 0 Å². The fraction of sp³-hybridized carbons (Fsp3) is 0.235. The van der Waals surface area contributed by atoms with Crippen LogP contribution < -0.4 is 5.32 Å². The molecule has 0 bridgehead atoms. The Labute approximate surface area is 148 Å². The number of rotatable bonds is 6. The van der Waals surface area contributed by atoms with Crippen LogP contribution in [0.5, 0.6) is 0 Å². The highest BCUT2D eigenvalue weighted by molar-refractivity contribution is 7.18. The molecule has 0 aliphatic carbocycles. The highest BCUT2D eigenvalue weighted by Crippen LogP contribution is 2.34. The zero-order chi connectivity index (χ0) is 18.4. The SMILES string of the molecule is CCOC(=O)c1c(NC(=O)/C=C/c2ccco2)sc(C(=O)OC)c1C. The molecule has 0 atom stereocenters. The van der Waals surface area contributed by atoms with E-state index in [2.05, 4.69) is 5.32 Å². The molecule has 8 heteroatoms. The lowest BCUT2D eigenvalue weighted by Crippen LogP contribution is -2.12. The van der Waals surface area contributed by atoms with Crippen LogP contribution in [0, 0.1) is 6.92 Å². The van der Waals surface area contributed by atoms with Crippen LogP contribution in [-0.2, 0) is 14.3 Å². The summed E-state index contributed by atoms with van der Waals surface area (Å²) in [6.45, 7) is 3.45. The van der Waals surface area contributed by atoms with Gasteiger partial charge in [0.05, 0.1) is 25.5 Å². The summed E-state index contributed by atoms with van der Waals surface area (Å²) in [5.41, 5.74) is 0.549. The Balaban J connectivity index is 2.30. The first-order valence-corrected chi connectivity index (χ1v) is 8.21. The summed E-state index contributed by atoms with van der Waals surface area (Å²) >= 11 is 0.960. The number of hydrogen-bond donors (Lipinski definition) is 1.